The first-order valence-electron chi connectivity index (χ1n) is 13.6. The maximum atomic E-state index is 4.70. The Bertz CT molecular complexity index is 1140. The fourth-order valence-corrected chi connectivity index (χ4v) is 6.09. The average molecular weight is 488 g/mol. The molecule has 0 aliphatic carbocycles. The van der Waals surface area contributed by atoms with E-state index in [2.05, 4.69) is 75.8 Å². The summed E-state index contributed by atoms with van der Waals surface area (Å²) in [6.45, 7) is 14.9. The highest BCUT2D eigenvalue weighted by molar-refractivity contribution is 5.71. The summed E-state index contributed by atoms with van der Waals surface area (Å²) in [5.41, 5.74) is 7.80. The van der Waals surface area contributed by atoms with Crippen LogP contribution in [0.25, 0.3) is 11.3 Å². The Labute approximate surface area is 215 Å². The lowest BCUT2D eigenvalue weighted by Crippen LogP contribution is -2.33. The Morgan fingerprint density at radius 1 is 0.806 bits per heavy atom. The Morgan fingerprint density at radius 3 is 2.08 bits per heavy atom. The van der Waals surface area contributed by atoms with E-state index in [1.807, 2.05) is 6.20 Å². The minimum atomic E-state index is 0.371. The van der Waals surface area contributed by atoms with Crippen molar-refractivity contribution in [1.82, 2.24) is 30.6 Å². The maximum Gasteiger partial charge on any atom is 0.123 e. The number of benzene rings is 1. The van der Waals surface area contributed by atoms with Gasteiger partial charge in [0.15, 0.2) is 0 Å². The molecule has 0 bridgehead atoms. The highest BCUT2D eigenvalue weighted by atomic mass is 15.1. The molecule has 3 aliphatic rings. The molecule has 0 saturated carbocycles. The van der Waals surface area contributed by atoms with E-state index in [0.29, 0.717) is 18.0 Å². The van der Waals surface area contributed by atoms with Gasteiger partial charge in [-0.1, -0.05) is 6.07 Å². The second-order valence-corrected chi connectivity index (χ2v) is 10.3. The van der Waals surface area contributed by atoms with Crippen LogP contribution in [0.2, 0.25) is 0 Å². The van der Waals surface area contributed by atoms with Crippen LogP contribution in [0.5, 0.6) is 0 Å². The van der Waals surface area contributed by atoms with Crippen LogP contribution >= 0.6 is 0 Å². The molecule has 0 radical (unpaired) electrons. The molecule has 3 aromatic rings. The number of nitrogens with one attached hydrogen (secondary N) is 4. The van der Waals surface area contributed by atoms with Crippen LogP contribution in [0.4, 0.5) is 5.69 Å². The molecule has 2 unspecified atom stereocenters. The van der Waals surface area contributed by atoms with E-state index in [4.69, 9.17) is 4.98 Å². The smallest absolute Gasteiger partial charge is 0.123 e. The van der Waals surface area contributed by atoms with Crippen LogP contribution < -0.4 is 15.5 Å². The SMILES string of the molecule is C=C.Cc1c(-c2cnc(C3CCCN3)[nH]2)ccc(N2CCC(c3cnc(C4CCCN4)[nH]3)CC2)c1C. The number of aromatic amines is 2. The standard InChI is InChI=1S/C27H37N7.C2H4/c1-17-18(2)25(8-7-20(17)24-16-31-27(33-24)22-6-4-12-29-22)34-13-9-19(10-14-34)23-15-30-26(32-23)21-5-3-11-28-21;1-2/h7-8,15-16,19,21-22,28-29H,3-6,9-14H2,1-2H3,(H,30,32)(H,31,33);1-2H2. The largest absolute Gasteiger partial charge is 0.371 e. The Hall–Kier alpha value is -2.90. The summed E-state index contributed by atoms with van der Waals surface area (Å²) in [6, 6.07) is 5.38. The Balaban J connectivity index is 0.00000130. The highest BCUT2D eigenvalue weighted by Gasteiger charge is 2.26. The number of imidazole rings is 2. The van der Waals surface area contributed by atoms with Gasteiger partial charge in [-0.25, -0.2) is 9.97 Å². The van der Waals surface area contributed by atoms with Crippen LogP contribution in [0.3, 0.4) is 0 Å². The predicted molar refractivity (Wildman–Crippen MR) is 147 cm³/mol. The minimum Gasteiger partial charge on any atom is -0.371 e. The van der Waals surface area contributed by atoms with Crippen molar-refractivity contribution in [2.24, 2.45) is 0 Å². The van der Waals surface area contributed by atoms with Crippen molar-refractivity contribution in [2.45, 2.75) is 70.4 Å². The van der Waals surface area contributed by atoms with Crippen molar-refractivity contribution in [1.29, 1.82) is 0 Å². The Morgan fingerprint density at radius 2 is 1.44 bits per heavy atom. The van der Waals surface area contributed by atoms with E-state index >= 15 is 0 Å². The van der Waals surface area contributed by atoms with Crippen LogP contribution in [-0.4, -0.2) is 46.1 Å². The minimum absolute atomic E-state index is 0.371. The second kappa shape index (κ2) is 11.0. The zero-order valence-electron chi connectivity index (χ0n) is 21.9. The van der Waals surface area contributed by atoms with Gasteiger partial charge in [-0.05, 0) is 82.7 Å². The number of nitrogens with zero attached hydrogens (tertiary/aromatic N) is 3. The van der Waals surface area contributed by atoms with Crippen LogP contribution in [0, 0.1) is 13.8 Å². The molecular weight excluding hydrogens is 446 g/mol. The molecule has 4 N–H and O–H groups in total. The molecule has 0 amide bonds. The fraction of sp³-hybridized carbons (Fsp3) is 0.517. The van der Waals surface area contributed by atoms with E-state index in [-0.39, 0.29) is 0 Å². The third kappa shape index (κ3) is 4.87. The maximum absolute atomic E-state index is 4.70. The number of piperidine rings is 1. The molecule has 192 valence electrons. The molecule has 7 nitrogen and oxygen atoms in total. The summed E-state index contributed by atoms with van der Waals surface area (Å²) in [4.78, 5) is 19.2. The third-order valence-corrected chi connectivity index (χ3v) is 8.32. The quantitative estimate of drug-likeness (QED) is 0.360. The number of rotatable bonds is 5. The number of hydrogen-bond donors (Lipinski definition) is 4. The average Bonchev–Trinajstić information content (AvgIpc) is 3.73. The summed E-state index contributed by atoms with van der Waals surface area (Å²) < 4.78 is 0. The van der Waals surface area contributed by atoms with Gasteiger partial charge in [-0.15, -0.1) is 13.2 Å². The van der Waals surface area contributed by atoms with Gasteiger partial charge in [0, 0.05) is 42.1 Å². The van der Waals surface area contributed by atoms with E-state index in [1.54, 1.807) is 0 Å². The van der Waals surface area contributed by atoms with Crippen LogP contribution in [-0.2, 0) is 0 Å². The number of hydrogen-bond acceptors (Lipinski definition) is 5. The zero-order valence-corrected chi connectivity index (χ0v) is 21.9. The van der Waals surface area contributed by atoms with Crippen molar-refractivity contribution < 1.29 is 0 Å². The summed E-state index contributed by atoms with van der Waals surface area (Å²) in [6.07, 6.45) is 11.2. The lowest BCUT2D eigenvalue weighted by molar-refractivity contribution is 0.495. The molecule has 3 fully saturated rings. The second-order valence-electron chi connectivity index (χ2n) is 10.3. The lowest BCUT2D eigenvalue weighted by Gasteiger charge is -2.34. The van der Waals surface area contributed by atoms with Crippen LogP contribution in [0.15, 0.2) is 37.7 Å². The highest BCUT2D eigenvalue weighted by Crippen LogP contribution is 2.36. The molecule has 3 saturated heterocycles. The van der Waals surface area contributed by atoms with Gasteiger partial charge in [0.2, 0.25) is 0 Å². The van der Waals surface area contributed by atoms with Gasteiger partial charge in [0.1, 0.15) is 11.6 Å². The molecular formula is C29H41N7. The molecule has 6 rings (SSSR count). The van der Waals surface area contributed by atoms with Gasteiger partial charge in [0.05, 0.1) is 24.0 Å². The molecule has 2 aromatic heterocycles. The lowest BCUT2D eigenvalue weighted by atomic mass is 9.92. The molecule has 0 spiro atoms. The molecule has 36 heavy (non-hydrogen) atoms. The Kier molecular flexibility index (Phi) is 7.58. The van der Waals surface area contributed by atoms with E-state index < -0.39 is 0 Å². The van der Waals surface area contributed by atoms with Crippen molar-refractivity contribution in [3.8, 4) is 11.3 Å². The van der Waals surface area contributed by atoms with Gasteiger partial charge in [0.25, 0.3) is 0 Å². The number of aromatic nitrogens is 4. The normalized spacial score (nSPS) is 22.6. The summed E-state index contributed by atoms with van der Waals surface area (Å²) >= 11 is 0. The third-order valence-electron chi connectivity index (χ3n) is 8.32. The number of H-pyrrole nitrogens is 2. The fourth-order valence-electron chi connectivity index (χ4n) is 6.09. The first-order chi connectivity index (χ1) is 17.7. The number of anilines is 1. The van der Waals surface area contributed by atoms with E-state index in [1.165, 1.54) is 47.3 Å². The van der Waals surface area contributed by atoms with Gasteiger partial charge in [-0.2, -0.15) is 0 Å². The van der Waals surface area contributed by atoms with Crippen molar-refractivity contribution in [3.05, 3.63) is 66.2 Å². The first kappa shape index (κ1) is 24.8. The topological polar surface area (TPSA) is 84.7 Å². The van der Waals surface area contributed by atoms with Crippen molar-refractivity contribution >= 4 is 5.69 Å². The zero-order chi connectivity index (χ0) is 25.1. The van der Waals surface area contributed by atoms with Crippen molar-refractivity contribution in [2.75, 3.05) is 31.1 Å². The predicted octanol–water partition coefficient (Wildman–Crippen LogP) is 5.45. The monoisotopic (exact) mass is 487 g/mol. The molecule has 5 heterocycles. The summed E-state index contributed by atoms with van der Waals surface area (Å²) in [7, 11) is 0. The van der Waals surface area contributed by atoms with Gasteiger partial charge < -0.3 is 25.5 Å². The van der Waals surface area contributed by atoms with Crippen LogP contribution in [0.1, 0.15) is 85.0 Å². The van der Waals surface area contributed by atoms with Gasteiger partial charge >= 0.3 is 0 Å². The molecule has 2 atom stereocenters. The summed E-state index contributed by atoms with van der Waals surface area (Å²) in [5, 5.41) is 7.09. The van der Waals surface area contributed by atoms with E-state index in [9.17, 15) is 0 Å². The molecule has 1 aromatic carbocycles. The van der Waals surface area contributed by atoms with Crippen molar-refractivity contribution in [3.63, 3.8) is 0 Å². The molecule has 3 aliphatic heterocycles. The van der Waals surface area contributed by atoms with Gasteiger partial charge in [-0.3, -0.25) is 0 Å². The first-order valence-corrected chi connectivity index (χ1v) is 13.6. The summed E-state index contributed by atoms with van der Waals surface area (Å²) in [5.74, 6) is 2.77. The molecule has 7 heteroatoms. The van der Waals surface area contributed by atoms with E-state index in [0.717, 1.165) is 62.8 Å².